The average molecular weight is 209 g/mol. The highest BCUT2D eigenvalue weighted by Crippen LogP contribution is 2.19. The molecule has 5 heteroatoms. The second kappa shape index (κ2) is 4.20. The van der Waals surface area contributed by atoms with Gasteiger partial charge in [0, 0.05) is 24.2 Å². The lowest BCUT2D eigenvalue weighted by molar-refractivity contribution is 0.423. The standard InChI is InChI=1S/C10H13BFNO2/c12-10-7-8(13-5-1-2-6-13)3-4-9(10)11(14)15/h3-4,7,14-15H,1-2,5-6H2. The Morgan fingerprint density at radius 2 is 1.87 bits per heavy atom. The van der Waals surface area contributed by atoms with Crippen molar-refractivity contribution in [2.45, 2.75) is 12.8 Å². The summed E-state index contributed by atoms with van der Waals surface area (Å²) in [4.78, 5) is 2.09. The van der Waals surface area contributed by atoms with E-state index in [1.54, 1.807) is 6.07 Å². The number of anilines is 1. The van der Waals surface area contributed by atoms with E-state index in [9.17, 15) is 4.39 Å². The summed E-state index contributed by atoms with van der Waals surface area (Å²) in [6.45, 7) is 1.89. The minimum atomic E-state index is -1.74. The van der Waals surface area contributed by atoms with Crippen molar-refractivity contribution >= 4 is 18.3 Å². The molecular formula is C10H13BFNO2. The van der Waals surface area contributed by atoms with Crippen molar-refractivity contribution in [3.8, 4) is 0 Å². The lowest BCUT2D eigenvalue weighted by atomic mass is 9.80. The molecule has 1 saturated heterocycles. The Morgan fingerprint density at radius 1 is 1.20 bits per heavy atom. The van der Waals surface area contributed by atoms with Gasteiger partial charge < -0.3 is 14.9 Å². The maximum Gasteiger partial charge on any atom is 0.491 e. The first-order chi connectivity index (χ1) is 7.18. The minimum Gasteiger partial charge on any atom is -0.423 e. The third-order valence-electron chi connectivity index (χ3n) is 2.73. The monoisotopic (exact) mass is 209 g/mol. The largest absolute Gasteiger partial charge is 0.491 e. The van der Waals surface area contributed by atoms with Crippen LogP contribution in [0.5, 0.6) is 0 Å². The molecule has 0 amide bonds. The summed E-state index contributed by atoms with van der Waals surface area (Å²) < 4.78 is 13.4. The van der Waals surface area contributed by atoms with Crippen LogP contribution in [0.3, 0.4) is 0 Å². The molecule has 0 unspecified atom stereocenters. The lowest BCUT2D eigenvalue weighted by Gasteiger charge is -2.18. The Bertz CT molecular complexity index is 353. The van der Waals surface area contributed by atoms with Crippen LogP contribution in [0, 0.1) is 5.82 Å². The van der Waals surface area contributed by atoms with Crippen molar-refractivity contribution in [2.75, 3.05) is 18.0 Å². The van der Waals surface area contributed by atoms with Crippen molar-refractivity contribution in [1.82, 2.24) is 0 Å². The quantitative estimate of drug-likeness (QED) is 0.679. The second-order valence-electron chi connectivity index (χ2n) is 3.77. The van der Waals surface area contributed by atoms with Crippen LogP contribution in [0.1, 0.15) is 12.8 Å². The van der Waals surface area contributed by atoms with Gasteiger partial charge in [-0.2, -0.15) is 0 Å². The normalized spacial score (nSPS) is 15.8. The van der Waals surface area contributed by atoms with Gasteiger partial charge in [0.2, 0.25) is 0 Å². The summed E-state index contributed by atoms with van der Waals surface area (Å²) in [5.41, 5.74) is 0.743. The van der Waals surface area contributed by atoms with Crippen molar-refractivity contribution in [1.29, 1.82) is 0 Å². The third-order valence-corrected chi connectivity index (χ3v) is 2.73. The molecule has 80 valence electrons. The van der Waals surface area contributed by atoms with Crippen LogP contribution in [0.25, 0.3) is 0 Å². The molecule has 0 aromatic heterocycles. The highest BCUT2D eigenvalue weighted by molar-refractivity contribution is 6.58. The van der Waals surface area contributed by atoms with Crippen LogP contribution in [-0.4, -0.2) is 30.3 Å². The Balaban J connectivity index is 2.24. The SMILES string of the molecule is OB(O)c1ccc(N2CCCC2)cc1F. The van der Waals surface area contributed by atoms with Crippen molar-refractivity contribution < 1.29 is 14.4 Å². The molecule has 0 aliphatic carbocycles. The molecule has 0 bridgehead atoms. The highest BCUT2D eigenvalue weighted by Gasteiger charge is 2.19. The average Bonchev–Trinajstić information content (AvgIpc) is 2.69. The van der Waals surface area contributed by atoms with Gasteiger partial charge in [-0.3, -0.25) is 0 Å². The fourth-order valence-corrected chi connectivity index (χ4v) is 1.90. The van der Waals surface area contributed by atoms with Crippen LogP contribution in [0.4, 0.5) is 10.1 Å². The van der Waals surface area contributed by atoms with Gasteiger partial charge >= 0.3 is 7.12 Å². The predicted molar refractivity (Wildman–Crippen MR) is 57.7 cm³/mol. The van der Waals surface area contributed by atoms with Crippen LogP contribution in [-0.2, 0) is 0 Å². The number of hydrogen-bond acceptors (Lipinski definition) is 3. The molecule has 1 heterocycles. The zero-order valence-corrected chi connectivity index (χ0v) is 8.36. The van der Waals surface area contributed by atoms with E-state index in [0.717, 1.165) is 31.6 Å². The number of benzene rings is 1. The number of hydrogen-bond donors (Lipinski definition) is 2. The maximum atomic E-state index is 13.4. The summed E-state index contributed by atoms with van der Waals surface area (Å²) in [6, 6.07) is 4.51. The van der Waals surface area contributed by atoms with Crippen LogP contribution in [0.2, 0.25) is 0 Å². The van der Waals surface area contributed by atoms with Gasteiger partial charge in [0.05, 0.1) is 0 Å². The van der Waals surface area contributed by atoms with E-state index < -0.39 is 12.9 Å². The van der Waals surface area contributed by atoms with Crippen LogP contribution < -0.4 is 10.4 Å². The molecule has 2 rings (SSSR count). The van der Waals surface area contributed by atoms with Crippen LogP contribution >= 0.6 is 0 Å². The summed E-state index contributed by atoms with van der Waals surface area (Å²) in [5.74, 6) is -0.561. The Morgan fingerprint density at radius 3 is 2.40 bits per heavy atom. The minimum absolute atomic E-state index is 0.0713. The smallest absolute Gasteiger partial charge is 0.423 e. The van der Waals surface area contributed by atoms with Gasteiger partial charge in [0.1, 0.15) is 5.82 Å². The second-order valence-corrected chi connectivity index (χ2v) is 3.77. The van der Waals surface area contributed by atoms with E-state index in [-0.39, 0.29) is 5.46 Å². The Kier molecular flexibility index (Phi) is 2.93. The summed E-state index contributed by atoms with van der Waals surface area (Å²) >= 11 is 0. The van der Waals surface area contributed by atoms with E-state index in [4.69, 9.17) is 10.0 Å². The molecule has 3 nitrogen and oxygen atoms in total. The predicted octanol–water partition coefficient (Wildman–Crippen LogP) is 0.106. The number of rotatable bonds is 2. The zero-order valence-electron chi connectivity index (χ0n) is 8.36. The van der Waals surface area contributed by atoms with Gasteiger partial charge in [-0.05, 0) is 25.0 Å². The lowest BCUT2D eigenvalue weighted by Crippen LogP contribution is -2.33. The van der Waals surface area contributed by atoms with Crippen molar-refractivity contribution in [3.05, 3.63) is 24.0 Å². The molecule has 0 spiro atoms. The number of nitrogens with zero attached hydrogens (tertiary/aromatic N) is 1. The molecule has 0 saturated carbocycles. The molecular weight excluding hydrogens is 196 g/mol. The highest BCUT2D eigenvalue weighted by atomic mass is 19.1. The van der Waals surface area contributed by atoms with E-state index in [2.05, 4.69) is 4.90 Å². The van der Waals surface area contributed by atoms with E-state index in [1.165, 1.54) is 12.1 Å². The first-order valence-corrected chi connectivity index (χ1v) is 5.09. The van der Waals surface area contributed by atoms with Crippen molar-refractivity contribution in [3.63, 3.8) is 0 Å². The summed E-state index contributed by atoms with van der Waals surface area (Å²) in [6.07, 6.45) is 2.26. The molecule has 1 fully saturated rings. The van der Waals surface area contributed by atoms with Crippen LogP contribution in [0.15, 0.2) is 18.2 Å². The topological polar surface area (TPSA) is 43.7 Å². The zero-order chi connectivity index (χ0) is 10.8. The maximum absolute atomic E-state index is 13.4. The molecule has 1 aromatic rings. The van der Waals surface area contributed by atoms with Gasteiger partial charge in [0.15, 0.2) is 0 Å². The van der Waals surface area contributed by atoms with Gasteiger partial charge in [-0.15, -0.1) is 0 Å². The van der Waals surface area contributed by atoms with E-state index in [1.807, 2.05) is 0 Å². The van der Waals surface area contributed by atoms with Gasteiger partial charge in [0.25, 0.3) is 0 Å². The molecule has 1 aromatic carbocycles. The van der Waals surface area contributed by atoms with E-state index in [0.29, 0.717) is 0 Å². The Labute approximate surface area is 88.3 Å². The summed E-state index contributed by atoms with van der Waals surface area (Å²) in [7, 11) is -1.74. The molecule has 1 aliphatic rings. The first-order valence-electron chi connectivity index (χ1n) is 5.09. The molecule has 1 aliphatic heterocycles. The first kappa shape index (κ1) is 10.5. The summed E-state index contributed by atoms with van der Waals surface area (Å²) in [5, 5.41) is 17.7. The third kappa shape index (κ3) is 2.13. The fourth-order valence-electron chi connectivity index (χ4n) is 1.90. The van der Waals surface area contributed by atoms with Gasteiger partial charge in [-0.25, -0.2) is 4.39 Å². The number of halogens is 1. The fraction of sp³-hybridized carbons (Fsp3) is 0.400. The Hall–Kier alpha value is -1.07. The molecule has 0 atom stereocenters. The van der Waals surface area contributed by atoms with E-state index >= 15 is 0 Å². The van der Waals surface area contributed by atoms with Gasteiger partial charge in [-0.1, -0.05) is 6.07 Å². The molecule has 0 radical (unpaired) electrons. The molecule has 15 heavy (non-hydrogen) atoms. The van der Waals surface area contributed by atoms with Crippen molar-refractivity contribution in [2.24, 2.45) is 0 Å². The molecule has 2 N–H and O–H groups in total.